The zero-order chi connectivity index (χ0) is 11.5. The van der Waals surface area contributed by atoms with Crippen LogP contribution < -0.4 is 0 Å². The number of aryl methyl sites for hydroxylation is 1. The third-order valence-corrected chi connectivity index (χ3v) is 4.28. The van der Waals surface area contributed by atoms with Crippen molar-refractivity contribution < 1.29 is 9.90 Å². The van der Waals surface area contributed by atoms with Crippen LogP contribution in [0.25, 0.3) is 0 Å². The number of rotatable bonds is 4. The number of carbonyl (C=O) groups is 1. The molecule has 4 nitrogen and oxygen atoms in total. The van der Waals surface area contributed by atoms with Gasteiger partial charge in [-0.3, -0.25) is 4.68 Å². The van der Waals surface area contributed by atoms with Crippen LogP contribution in [-0.4, -0.2) is 20.9 Å². The van der Waals surface area contributed by atoms with Crippen molar-refractivity contribution in [3.63, 3.8) is 0 Å². The van der Waals surface area contributed by atoms with E-state index in [4.69, 9.17) is 5.11 Å². The van der Waals surface area contributed by atoms with Gasteiger partial charge in [0.15, 0.2) is 0 Å². The summed E-state index contributed by atoms with van der Waals surface area (Å²) in [5.74, 6) is -0.298. The molecule has 0 aromatic carbocycles. The molecule has 2 aromatic heterocycles. The molecule has 0 unspecified atom stereocenters. The van der Waals surface area contributed by atoms with Gasteiger partial charge in [0.25, 0.3) is 0 Å². The molecule has 0 saturated carbocycles. The summed E-state index contributed by atoms with van der Waals surface area (Å²) in [6, 6.07) is 4.00. The van der Waals surface area contributed by atoms with Crippen molar-refractivity contribution in [1.29, 1.82) is 0 Å². The molecular formula is C10H10N2O2S2. The number of aromatic nitrogens is 2. The Kier molecular flexibility index (Phi) is 3.31. The summed E-state index contributed by atoms with van der Waals surface area (Å²) < 4.78 is 2.79. The predicted molar refractivity (Wildman–Crippen MR) is 64.0 cm³/mol. The third-order valence-electron chi connectivity index (χ3n) is 2.14. The monoisotopic (exact) mass is 254 g/mol. The maximum absolute atomic E-state index is 10.9. The smallest absolute Gasteiger partial charge is 0.339 e. The second-order valence-corrected chi connectivity index (χ2v) is 5.38. The molecule has 2 aromatic rings. The second kappa shape index (κ2) is 4.71. The number of nitrogens with zero attached hydrogens (tertiary/aromatic N) is 2. The van der Waals surface area contributed by atoms with Gasteiger partial charge in [-0.05, 0) is 11.4 Å². The van der Waals surface area contributed by atoms with E-state index in [0.29, 0.717) is 5.75 Å². The highest BCUT2D eigenvalue weighted by Crippen LogP contribution is 2.27. The van der Waals surface area contributed by atoms with Crippen LogP contribution in [0, 0.1) is 0 Å². The Hall–Kier alpha value is -1.27. The Balaban J connectivity index is 2.14. The number of hydrogen-bond donors (Lipinski definition) is 1. The lowest BCUT2D eigenvalue weighted by Crippen LogP contribution is -2.03. The fourth-order valence-electron chi connectivity index (χ4n) is 1.30. The van der Waals surface area contributed by atoms with Gasteiger partial charge in [-0.25, -0.2) is 4.79 Å². The van der Waals surface area contributed by atoms with Gasteiger partial charge >= 0.3 is 5.97 Å². The minimum absolute atomic E-state index is 0.284. The predicted octanol–water partition coefficient (Wildman–Crippen LogP) is 2.47. The van der Waals surface area contributed by atoms with E-state index in [-0.39, 0.29) is 5.56 Å². The van der Waals surface area contributed by atoms with Gasteiger partial charge in [0.05, 0.1) is 16.1 Å². The maximum Gasteiger partial charge on any atom is 0.339 e. The number of thiophene rings is 1. The minimum Gasteiger partial charge on any atom is -0.478 e. The zero-order valence-corrected chi connectivity index (χ0v) is 10.2. The number of carboxylic acid groups (broad SMARTS) is 1. The highest BCUT2D eigenvalue weighted by molar-refractivity contribution is 8.00. The highest BCUT2D eigenvalue weighted by atomic mass is 32.2. The molecule has 16 heavy (non-hydrogen) atoms. The topological polar surface area (TPSA) is 55.1 Å². The maximum atomic E-state index is 10.9. The molecule has 0 radical (unpaired) electrons. The van der Waals surface area contributed by atoms with Gasteiger partial charge in [0.1, 0.15) is 5.56 Å². The first-order valence-electron chi connectivity index (χ1n) is 4.59. The molecule has 0 aliphatic rings. The fraction of sp³-hybridized carbons (Fsp3) is 0.200. The van der Waals surface area contributed by atoms with Crippen LogP contribution in [-0.2, 0) is 12.8 Å². The Morgan fingerprint density at radius 3 is 3.12 bits per heavy atom. The Labute approximate surface area is 101 Å². The SMILES string of the molecule is Cn1ncc(C(=O)O)c1CSc1cccs1. The molecule has 0 amide bonds. The van der Waals surface area contributed by atoms with Crippen LogP contribution in [0.4, 0.5) is 0 Å². The van der Waals surface area contributed by atoms with Crippen molar-refractivity contribution in [3.05, 3.63) is 35.0 Å². The van der Waals surface area contributed by atoms with Crippen LogP contribution in [0.15, 0.2) is 27.9 Å². The van der Waals surface area contributed by atoms with Gasteiger partial charge < -0.3 is 5.11 Å². The molecule has 2 rings (SSSR count). The molecule has 0 fully saturated rings. The summed E-state index contributed by atoms with van der Waals surface area (Å²) >= 11 is 3.28. The molecular weight excluding hydrogens is 244 g/mol. The molecule has 2 heterocycles. The first-order valence-corrected chi connectivity index (χ1v) is 6.45. The minimum atomic E-state index is -0.921. The molecule has 6 heteroatoms. The van der Waals surface area contributed by atoms with E-state index in [2.05, 4.69) is 5.10 Å². The van der Waals surface area contributed by atoms with Crippen LogP contribution >= 0.6 is 23.1 Å². The first-order chi connectivity index (χ1) is 7.68. The number of aromatic carboxylic acids is 1. The standard InChI is InChI=1S/C10H10N2O2S2/c1-12-8(7(5-11-12)10(13)14)6-16-9-3-2-4-15-9/h2-5H,6H2,1H3,(H,13,14). The van der Waals surface area contributed by atoms with E-state index in [9.17, 15) is 4.79 Å². The number of carboxylic acids is 1. The quantitative estimate of drug-likeness (QED) is 0.852. The number of hydrogen-bond acceptors (Lipinski definition) is 4. The molecule has 1 N–H and O–H groups in total. The molecule has 0 spiro atoms. The van der Waals surface area contributed by atoms with Crippen LogP contribution in [0.3, 0.4) is 0 Å². The highest BCUT2D eigenvalue weighted by Gasteiger charge is 2.14. The van der Waals surface area contributed by atoms with Crippen molar-refractivity contribution in [2.75, 3.05) is 0 Å². The van der Waals surface area contributed by atoms with E-state index in [1.54, 1.807) is 34.8 Å². The summed E-state index contributed by atoms with van der Waals surface area (Å²) in [5, 5.41) is 14.9. The van der Waals surface area contributed by atoms with Crippen LogP contribution in [0.2, 0.25) is 0 Å². The van der Waals surface area contributed by atoms with Gasteiger partial charge in [-0.1, -0.05) is 6.07 Å². The molecule has 0 aliphatic carbocycles. The fourth-order valence-corrected chi connectivity index (χ4v) is 3.16. The van der Waals surface area contributed by atoms with E-state index in [1.165, 1.54) is 10.4 Å². The lowest BCUT2D eigenvalue weighted by Gasteiger charge is -2.02. The summed E-state index contributed by atoms with van der Waals surface area (Å²) in [5.41, 5.74) is 1.03. The summed E-state index contributed by atoms with van der Waals surface area (Å²) in [6.07, 6.45) is 1.40. The number of thioether (sulfide) groups is 1. The van der Waals surface area contributed by atoms with E-state index in [1.807, 2.05) is 17.5 Å². The normalized spacial score (nSPS) is 10.6. The van der Waals surface area contributed by atoms with Gasteiger partial charge in [0, 0.05) is 12.8 Å². The average molecular weight is 254 g/mol. The summed E-state index contributed by atoms with van der Waals surface area (Å²) in [4.78, 5) is 10.9. The van der Waals surface area contributed by atoms with Gasteiger partial charge in [0.2, 0.25) is 0 Å². The Morgan fingerprint density at radius 1 is 1.69 bits per heavy atom. The van der Waals surface area contributed by atoms with Crippen LogP contribution in [0.1, 0.15) is 16.1 Å². The second-order valence-electron chi connectivity index (χ2n) is 3.15. The van der Waals surface area contributed by atoms with Crippen molar-refractivity contribution in [3.8, 4) is 0 Å². The molecule has 0 saturated heterocycles. The lowest BCUT2D eigenvalue weighted by molar-refractivity contribution is 0.0696. The Morgan fingerprint density at radius 2 is 2.50 bits per heavy atom. The molecule has 0 bridgehead atoms. The van der Waals surface area contributed by atoms with E-state index < -0.39 is 5.97 Å². The van der Waals surface area contributed by atoms with E-state index >= 15 is 0 Å². The van der Waals surface area contributed by atoms with Gasteiger partial charge in [-0.2, -0.15) is 5.10 Å². The van der Waals surface area contributed by atoms with Crippen molar-refractivity contribution in [1.82, 2.24) is 9.78 Å². The molecule has 84 valence electrons. The molecule has 0 atom stereocenters. The van der Waals surface area contributed by atoms with Crippen LogP contribution in [0.5, 0.6) is 0 Å². The molecule has 0 aliphatic heterocycles. The summed E-state index contributed by atoms with van der Waals surface area (Å²) in [6.45, 7) is 0. The lowest BCUT2D eigenvalue weighted by atomic mass is 10.3. The third kappa shape index (κ3) is 2.28. The Bertz CT molecular complexity index is 491. The zero-order valence-electron chi connectivity index (χ0n) is 8.58. The summed E-state index contributed by atoms with van der Waals surface area (Å²) in [7, 11) is 1.76. The van der Waals surface area contributed by atoms with Gasteiger partial charge in [-0.15, -0.1) is 23.1 Å². The van der Waals surface area contributed by atoms with Crippen molar-refractivity contribution in [2.45, 2.75) is 9.96 Å². The average Bonchev–Trinajstić information content (AvgIpc) is 2.84. The van der Waals surface area contributed by atoms with Crippen molar-refractivity contribution in [2.24, 2.45) is 7.05 Å². The largest absolute Gasteiger partial charge is 0.478 e. The van der Waals surface area contributed by atoms with Crippen molar-refractivity contribution >= 4 is 29.1 Å². The van der Waals surface area contributed by atoms with E-state index in [0.717, 1.165) is 5.69 Å². The first kappa shape index (κ1) is 11.2.